The Labute approximate surface area is 174 Å². The number of aliphatic hydroxyl groups is 1. The second kappa shape index (κ2) is 8.30. The second-order valence-corrected chi connectivity index (χ2v) is 7.63. The van der Waals surface area contributed by atoms with Gasteiger partial charge in [0, 0.05) is 17.2 Å². The molecule has 30 heavy (non-hydrogen) atoms. The molecular weight excluding hydrogens is 385 g/mol. The molecule has 6 heteroatoms. The van der Waals surface area contributed by atoms with Crippen LogP contribution in [-0.4, -0.2) is 34.3 Å². The van der Waals surface area contributed by atoms with Crippen molar-refractivity contribution in [1.29, 1.82) is 0 Å². The minimum atomic E-state index is -0.954. The average molecular weight is 409 g/mol. The summed E-state index contributed by atoms with van der Waals surface area (Å²) in [4.78, 5) is 27.5. The summed E-state index contributed by atoms with van der Waals surface area (Å²) in [6.07, 6.45) is 3.43. The molecule has 1 amide bonds. The highest BCUT2D eigenvalue weighted by Crippen LogP contribution is 2.44. The van der Waals surface area contributed by atoms with Crippen molar-refractivity contribution in [1.82, 2.24) is 4.90 Å². The van der Waals surface area contributed by atoms with Crippen molar-refractivity contribution in [3.05, 3.63) is 71.0 Å². The summed E-state index contributed by atoms with van der Waals surface area (Å²) in [7, 11) is 0. The van der Waals surface area contributed by atoms with E-state index in [0.29, 0.717) is 17.9 Å². The molecule has 0 spiro atoms. The SMILES string of the molecule is CCOc1cccc(/C(O)=C2/C(=O)C(=O)N(C3CCCC3)C2c2ccccc2F)c1. The van der Waals surface area contributed by atoms with Gasteiger partial charge in [0.2, 0.25) is 0 Å². The van der Waals surface area contributed by atoms with E-state index in [9.17, 15) is 19.1 Å². The number of amides is 1. The predicted octanol–water partition coefficient (Wildman–Crippen LogP) is 4.59. The molecule has 4 rings (SSSR count). The Kier molecular flexibility index (Phi) is 5.57. The summed E-state index contributed by atoms with van der Waals surface area (Å²) in [6, 6.07) is 11.7. The molecule has 1 N–H and O–H groups in total. The lowest BCUT2D eigenvalue weighted by Gasteiger charge is -2.30. The van der Waals surface area contributed by atoms with Crippen LogP contribution in [0.1, 0.15) is 49.8 Å². The lowest BCUT2D eigenvalue weighted by molar-refractivity contribution is -0.141. The van der Waals surface area contributed by atoms with Crippen LogP contribution in [0.4, 0.5) is 4.39 Å². The molecule has 0 bridgehead atoms. The fourth-order valence-electron chi connectivity index (χ4n) is 4.47. The van der Waals surface area contributed by atoms with Crippen molar-refractivity contribution in [2.75, 3.05) is 6.61 Å². The molecule has 2 fully saturated rings. The number of nitrogens with zero attached hydrogens (tertiary/aromatic N) is 1. The standard InChI is InChI=1S/C24H24FNO4/c1-2-30-17-11-7-8-15(14-17)22(27)20-21(18-12-5-6-13-19(18)25)26(24(29)23(20)28)16-9-3-4-10-16/h5-8,11-14,16,21,27H,2-4,9-10H2,1H3/b22-20-. The number of carbonyl (C=O) groups is 2. The van der Waals surface area contributed by atoms with Gasteiger partial charge in [-0.3, -0.25) is 9.59 Å². The largest absolute Gasteiger partial charge is 0.507 e. The van der Waals surface area contributed by atoms with Crippen LogP contribution in [0.2, 0.25) is 0 Å². The van der Waals surface area contributed by atoms with Gasteiger partial charge < -0.3 is 14.7 Å². The molecule has 2 aromatic rings. The molecule has 5 nitrogen and oxygen atoms in total. The highest BCUT2D eigenvalue weighted by Gasteiger charge is 2.49. The van der Waals surface area contributed by atoms with Gasteiger partial charge in [0.25, 0.3) is 11.7 Å². The summed E-state index contributed by atoms with van der Waals surface area (Å²) in [5.41, 5.74) is 0.489. The van der Waals surface area contributed by atoms with Crippen molar-refractivity contribution in [3.8, 4) is 5.75 Å². The van der Waals surface area contributed by atoms with Crippen LogP contribution in [0.5, 0.6) is 5.75 Å². The van der Waals surface area contributed by atoms with Crippen molar-refractivity contribution >= 4 is 17.4 Å². The van der Waals surface area contributed by atoms with Crippen LogP contribution in [0.3, 0.4) is 0 Å². The zero-order chi connectivity index (χ0) is 21.3. The van der Waals surface area contributed by atoms with Crippen LogP contribution in [0.25, 0.3) is 5.76 Å². The minimum Gasteiger partial charge on any atom is -0.507 e. The number of Topliss-reactive ketones (excluding diaryl/α,β-unsaturated/α-hetero) is 1. The Morgan fingerprint density at radius 2 is 1.87 bits per heavy atom. The van der Waals surface area contributed by atoms with Crippen LogP contribution in [-0.2, 0) is 9.59 Å². The molecule has 1 heterocycles. The van der Waals surface area contributed by atoms with Crippen molar-refractivity contribution in [2.24, 2.45) is 0 Å². The lowest BCUT2D eigenvalue weighted by atomic mass is 9.94. The molecule has 1 atom stereocenters. The van der Waals surface area contributed by atoms with Crippen LogP contribution < -0.4 is 4.74 Å². The first-order valence-electron chi connectivity index (χ1n) is 10.3. The Balaban J connectivity index is 1.88. The zero-order valence-corrected chi connectivity index (χ0v) is 16.8. The Morgan fingerprint density at radius 3 is 2.57 bits per heavy atom. The summed E-state index contributed by atoms with van der Waals surface area (Å²) in [6.45, 7) is 2.29. The fraction of sp³-hybridized carbons (Fsp3) is 0.333. The maximum atomic E-state index is 14.8. The molecule has 0 radical (unpaired) electrons. The smallest absolute Gasteiger partial charge is 0.295 e. The highest BCUT2D eigenvalue weighted by atomic mass is 19.1. The summed E-state index contributed by atoms with van der Waals surface area (Å²) >= 11 is 0. The molecule has 1 saturated carbocycles. The molecule has 0 aromatic heterocycles. The van der Waals surface area contributed by atoms with Crippen LogP contribution >= 0.6 is 0 Å². The van der Waals surface area contributed by atoms with Gasteiger partial charge in [0.1, 0.15) is 17.3 Å². The third kappa shape index (κ3) is 3.47. The molecular formula is C24H24FNO4. The third-order valence-electron chi connectivity index (χ3n) is 5.82. The maximum Gasteiger partial charge on any atom is 0.295 e. The van der Waals surface area contributed by atoms with Crippen LogP contribution in [0, 0.1) is 5.82 Å². The van der Waals surface area contributed by atoms with Crippen LogP contribution in [0.15, 0.2) is 54.1 Å². The van der Waals surface area contributed by atoms with Crippen molar-refractivity contribution < 1.29 is 23.8 Å². The normalized spacial score (nSPS) is 21.4. The molecule has 1 aliphatic carbocycles. The summed E-state index contributed by atoms with van der Waals surface area (Å²) in [5, 5.41) is 11.1. The fourth-order valence-corrected chi connectivity index (χ4v) is 4.47. The van der Waals surface area contributed by atoms with E-state index < -0.39 is 23.5 Å². The van der Waals surface area contributed by atoms with E-state index >= 15 is 0 Å². The van der Waals surface area contributed by atoms with E-state index in [1.54, 1.807) is 42.5 Å². The van der Waals surface area contributed by atoms with E-state index in [2.05, 4.69) is 0 Å². The van der Waals surface area contributed by atoms with Crippen molar-refractivity contribution in [3.63, 3.8) is 0 Å². The number of benzene rings is 2. The molecule has 1 saturated heterocycles. The first-order chi connectivity index (χ1) is 14.5. The number of hydrogen-bond donors (Lipinski definition) is 1. The monoisotopic (exact) mass is 409 g/mol. The quantitative estimate of drug-likeness (QED) is 0.446. The van der Waals surface area contributed by atoms with E-state index in [1.165, 1.54) is 11.0 Å². The Morgan fingerprint density at radius 1 is 1.13 bits per heavy atom. The van der Waals surface area contributed by atoms with Gasteiger partial charge in [0.15, 0.2) is 0 Å². The molecule has 2 aliphatic rings. The van der Waals surface area contributed by atoms with Gasteiger partial charge in [-0.1, -0.05) is 43.2 Å². The number of hydrogen-bond acceptors (Lipinski definition) is 4. The summed E-state index contributed by atoms with van der Waals surface area (Å²) < 4.78 is 20.3. The minimum absolute atomic E-state index is 0.0781. The van der Waals surface area contributed by atoms with Crippen molar-refractivity contribution in [2.45, 2.75) is 44.7 Å². The van der Waals surface area contributed by atoms with E-state index in [4.69, 9.17) is 4.74 Å². The topological polar surface area (TPSA) is 66.8 Å². The lowest BCUT2D eigenvalue weighted by Crippen LogP contribution is -2.38. The molecule has 1 aliphatic heterocycles. The van der Waals surface area contributed by atoms with Gasteiger partial charge in [-0.2, -0.15) is 0 Å². The Bertz CT molecular complexity index is 1010. The average Bonchev–Trinajstić information content (AvgIpc) is 3.35. The second-order valence-electron chi connectivity index (χ2n) is 7.63. The first-order valence-corrected chi connectivity index (χ1v) is 10.3. The molecule has 1 unspecified atom stereocenters. The Hall–Kier alpha value is -3.15. The molecule has 156 valence electrons. The number of aliphatic hydroxyl groups excluding tert-OH is 1. The number of rotatable bonds is 5. The number of ketones is 1. The zero-order valence-electron chi connectivity index (χ0n) is 16.8. The number of carbonyl (C=O) groups excluding carboxylic acids is 2. The van der Waals surface area contributed by atoms with E-state index in [-0.39, 0.29) is 22.9 Å². The first kappa shape index (κ1) is 20.1. The summed E-state index contributed by atoms with van der Waals surface area (Å²) in [5.74, 6) is -1.76. The van der Waals surface area contributed by atoms with Gasteiger partial charge >= 0.3 is 0 Å². The third-order valence-corrected chi connectivity index (χ3v) is 5.82. The van der Waals surface area contributed by atoms with Gasteiger partial charge in [-0.05, 0) is 38.0 Å². The highest BCUT2D eigenvalue weighted by molar-refractivity contribution is 6.46. The number of likely N-dealkylation sites (tertiary alicyclic amines) is 1. The predicted molar refractivity (Wildman–Crippen MR) is 110 cm³/mol. The van der Waals surface area contributed by atoms with Gasteiger partial charge in [-0.25, -0.2) is 4.39 Å². The van der Waals surface area contributed by atoms with E-state index in [1.807, 2.05) is 6.92 Å². The molecule has 2 aromatic carbocycles. The number of halogens is 1. The maximum absolute atomic E-state index is 14.8. The van der Waals surface area contributed by atoms with Gasteiger partial charge in [0.05, 0.1) is 18.2 Å². The number of ether oxygens (including phenoxy) is 1. The van der Waals surface area contributed by atoms with Gasteiger partial charge in [-0.15, -0.1) is 0 Å². The van der Waals surface area contributed by atoms with E-state index in [0.717, 1.165) is 25.7 Å².